The minimum absolute atomic E-state index is 0. The molecule has 0 bridgehead atoms. The van der Waals surface area contributed by atoms with Crippen LogP contribution in [0.1, 0.15) is 97.3 Å². The molecule has 0 radical (unpaired) electrons. The molecule has 21 heavy (non-hydrogen) atoms. The van der Waals surface area contributed by atoms with Crippen molar-refractivity contribution in [2.75, 3.05) is 26.2 Å². The predicted molar refractivity (Wildman–Crippen MR) is 91.1 cm³/mol. The smallest absolute Gasteiger partial charge is 0.0786 e. The van der Waals surface area contributed by atoms with Crippen molar-refractivity contribution in [1.82, 2.24) is 0 Å². The summed E-state index contributed by atoms with van der Waals surface area (Å²) in [5, 5.41) is 0. The maximum atomic E-state index is 2.40. The second kappa shape index (κ2) is 13.9. The second-order valence-corrected chi connectivity index (χ2v) is 7.07. The molecule has 2 heteroatoms. The van der Waals surface area contributed by atoms with Crippen LogP contribution in [0.4, 0.5) is 0 Å². The molecule has 1 rings (SSSR count). The molecule has 0 atom stereocenters. The highest BCUT2D eigenvalue weighted by atomic mass is 35.5. The number of rotatable bonds is 12. The molecule has 1 fully saturated rings. The molecule has 1 aliphatic rings. The van der Waals surface area contributed by atoms with E-state index >= 15 is 0 Å². The van der Waals surface area contributed by atoms with E-state index in [0.29, 0.717) is 0 Å². The molecule has 0 aromatic heterocycles. The SMILES string of the molecule is CCCCCCCCCCCC[N+]1(CC)CCCCC1.[Cl-]. The number of hydrogen-bond acceptors (Lipinski definition) is 0. The van der Waals surface area contributed by atoms with Gasteiger partial charge in [0.1, 0.15) is 0 Å². The molecular weight excluding hydrogens is 278 g/mol. The summed E-state index contributed by atoms with van der Waals surface area (Å²) < 4.78 is 1.44. The fourth-order valence-corrected chi connectivity index (χ4v) is 3.82. The van der Waals surface area contributed by atoms with Gasteiger partial charge in [-0.2, -0.15) is 0 Å². The molecule has 0 aromatic carbocycles. The van der Waals surface area contributed by atoms with E-state index in [2.05, 4.69) is 13.8 Å². The fraction of sp³-hybridized carbons (Fsp3) is 1.00. The average molecular weight is 318 g/mol. The van der Waals surface area contributed by atoms with Crippen molar-refractivity contribution in [3.8, 4) is 0 Å². The third-order valence-electron chi connectivity index (χ3n) is 5.42. The van der Waals surface area contributed by atoms with Gasteiger partial charge in [-0.15, -0.1) is 0 Å². The number of likely N-dealkylation sites (tertiary alicyclic amines) is 1. The zero-order chi connectivity index (χ0) is 14.5. The predicted octanol–water partition coefficient (Wildman–Crippen LogP) is 2.93. The summed E-state index contributed by atoms with van der Waals surface area (Å²) in [6.07, 6.45) is 19.1. The van der Waals surface area contributed by atoms with E-state index in [-0.39, 0.29) is 12.4 Å². The first-order chi connectivity index (χ1) is 9.83. The molecule has 1 heterocycles. The highest BCUT2D eigenvalue weighted by molar-refractivity contribution is 4.54. The molecule has 0 saturated carbocycles. The van der Waals surface area contributed by atoms with Gasteiger partial charge in [0.25, 0.3) is 0 Å². The van der Waals surface area contributed by atoms with Gasteiger partial charge in [0.05, 0.1) is 26.2 Å². The van der Waals surface area contributed by atoms with E-state index in [1.54, 1.807) is 0 Å². The van der Waals surface area contributed by atoms with Crippen LogP contribution >= 0.6 is 0 Å². The van der Waals surface area contributed by atoms with Crippen LogP contribution in [-0.2, 0) is 0 Å². The van der Waals surface area contributed by atoms with Gasteiger partial charge >= 0.3 is 0 Å². The maximum Gasteiger partial charge on any atom is 0.0786 e. The summed E-state index contributed by atoms with van der Waals surface area (Å²) >= 11 is 0. The number of piperidine rings is 1. The van der Waals surface area contributed by atoms with Gasteiger partial charge in [-0.1, -0.05) is 58.3 Å². The number of nitrogens with zero attached hydrogens (tertiary/aromatic N) is 1. The Morgan fingerprint density at radius 2 is 1.10 bits per heavy atom. The van der Waals surface area contributed by atoms with Crippen LogP contribution in [0.15, 0.2) is 0 Å². The van der Waals surface area contributed by atoms with Crippen LogP contribution in [0.3, 0.4) is 0 Å². The lowest BCUT2D eigenvalue weighted by Gasteiger charge is -2.41. The van der Waals surface area contributed by atoms with Crippen molar-refractivity contribution in [3.05, 3.63) is 0 Å². The van der Waals surface area contributed by atoms with Crippen LogP contribution in [0.5, 0.6) is 0 Å². The number of halogens is 1. The molecule has 1 saturated heterocycles. The van der Waals surface area contributed by atoms with Gasteiger partial charge in [0, 0.05) is 0 Å². The van der Waals surface area contributed by atoms with Gasteiger partial charge in [0.15, 0.2) is 0 Å². The first-order valence-corrected chi connectivity index (χ1v) is 9.68. The van der Waals surface area contributed by atoms with E-state index < -0.39 is 0 Å². The van der Waals surface area contributed by atoms with Crippen molar-refractivity contribution < 1.29 is 16.9 Å². The summed E-state index contributed by atoms with van der Waals surface area (Å²) in [6, 6.07) is 0. The number of quaternary nitrogens is 1. The van der Waals surface area contributed by atoms with Gasteiger partial charge in [-0.05, 0) is 39.0 Å². The molecule has 1 aliphatic heterocycles. The van der Waals surface area contributed by atoms with Crippen LogP contribution in [0, 0.1) is 0 Å². The van der Waals surface area contributed by atoms with Gasteiger partial charge in [-0.25, -0.2) is 0 Å². The van der Waals surface area contributed by atoms with Crippen molar-refractivity contribution in [2.24, 2.45) is 0 Å². The van der Waals surface area contributed by atoms with Crippen molar-refractivity contribution in [1.29, 1.82) is 0 Å². The van der Waals surface area contributed by atoms with E-state index in [9.17, 15) is 0 Å². The van der Waals surface area contributed by atoms with Crippen LogP contribution in [0.25, 0.3) is 0 Å². The van der Waals surface area contributed by atoms with E-state index in [1.807, 2.05) is 0 Å². The Balaban J connectivity index is 0.00000400. The van der Waals surface area contributed by atoms with E-state index in [0.717, 1.165) is 0 Å². The number of hydrogen-bond donors (Lipinski definition) is 0. The summed E-state index contributed by atoms with van der Waals surface area (Å²) in [5.74, 6) is 0. The summed E-state index contributed by atoms with van der Waals surface area (Å²) in [7, 11) is 0. The highest BCUT2D eigenvalue weighted by Gasteiger charge is 2.26. The lowest BCUT2D eigenvalue weighted by molar-refractivity contribution is -0.931. The largest absolute Gasteiger partial charge is 1.00 e. The summed E-state index contributed by atoms with van der Waals surface area (Å²) in [4.78, 5) is 0. The topological polar surface area (TPSA) is 0 Å². The van der Waals surface area contributed by atoms with E-state index in [1.165, 1.54) is 114 Å². The number of unbranched alkanes of at least 4 members (excludes halogenated alkanes) is 9. The van der Waals surface area contributed by atoms with Crippen molar-refractivity contribution >= 4 is 0 Å². The molecular formula is C19H40ClN. The van der Waals surface area contributed by atoms with Crippen molar-refractivity contribution in [2.45, 2.75) is 97.3 Å². The van der Waals surface area contributed by atoms with Gasteiger partial charge < -0.3 is 16.9 Å². The van der Waals surface area contributed by atoms with Crippen LogP contribution < -0.4 is 12.4 Å². The summed E-state index contributed by atoms with van der Waals surface area (Å²) in [6.45, 7) is 10.5. The first kappa shape index (κ1) is 21.2. The molecule has 0 spiro atoms. The molecule has 0 N–H and O–H groups in total. The monoisotopic (exact) mass is 317 g/mol. The van der Waals surface area contributed by atoms with Crippen molar-refractivity contribution in [3.63, 3.8) is 0 Å². The quantitative estimate of drug-likeness (QED) is 0.383. The Morgan fingerprint density at radius 1 is 0.619 bits per heavy atom. The normalized spacial score (nSPS) is 17.4. The zero-order valence-electron chi connectivity index (χ0n) is 14.8. The highest BCUT2D eigenvalue weighted by Crippen LogP contribution is 2.20. The molecule has 128 valence electrons. The minimum atomic E-state index is 0. The average Bonchev–Trinajstić information content (AvgIpc) is 2.50. The Kier molecular flexibility index (Phi) is 14.0. The third-order valence-corrected chi connectivity index (χ3v) is 5.42. The maximum absolute atomic E-state index is 2.40. The Labute approximate surface area is 140 Å². The molecule has 0 amide bonds. The zero-order valence-corrected chi connectivity index (χ0v) is 15.6. The van der Waals surface area contributed by atoms with Gasteiger partial charge in [-0.3, -0.25) is 0 Å². The third kappa shape index (κ3) is 9.79. The standard InChI is InChI=1S/C19H40N.ClH/c1-3-5-6-7-8-9-10-11-12-14-17-20(4-2)18-15-13-16-19-20;/h3-19H2,1-2H3;1H/q+1;/p-1. The lowest BCUT2D eigenvalue weighted by Crippen LogP contribution is -3.00. The second-order valence-electron chi connectivity index (χ2n) is 7.07. The van der Waals surface area contributed by atoms with Crippen LogP contribution in [0.2, 0.25) is 0 Å². The van der Waals surface area contributed by atoms with Crippen LogP contribution in [-0.4, -0.2) is 30.7 Å². The summed E-state index contributed by atoms with van der Waals surface area (Å²) in [5.41, 5.74) is 0. The molecule has 1 nitrogen and oxygen atoms in total. The Bertz CT molecular complexity index is 212. The lowest BCUT2D eigenvalue weighted by atomic mass is 10.0. The Morgan fingerprint density at radius 3 is 1.57 bits per heavy atom. The molecule has 0 aromatic rings. The first-order valence-electron chi connectivity index (χ1n) is 9.68. The van der Waals surface area contributed by atoms with Gasteiger partial charge in [0.2, 0.25) is 0 Å². The molecule has 0 unspecified atom stereocenters. The van der Waals surface area contributed by atoms with E-state index in [4.69, 9.17) is 0 Å². The fourth-order valence-electron chi connectivity index (χ4n) is 3.82. The molecule has 0 aliphatic carbocycles. The Hall–Kier alpha value is 0.250. The minimum Gasteiger partial charge on any atom is -1.00 e.